The third kappa shape index (κ3) is 3.62. The number of methoxy groups -OCH3 is 1. The minimum absolute atomic E-state index is 0.741. The fraction of sp³-hybridized carbons (Fsp3) is 0.538. The molecule has 0 spiro atoms. The van der Waals surface area contributed by atoms with Crippen LogP contribution in [0.25, 0.3) is 10.2 Å². The summed E-state index contributed by atoms with van der Waals surface area (Å²) in [5.41, 5.74) is 0. The first-order chi connectivity index (χ1) is 9.22. The van der Waals surface area contributed by atoms with Gasteiger partial charge in [0.25, 0.3) is 0 Å². The number of nitrogens with zero attached hydrogens (tertiary/aromatic N) is 3. The minimum atomic E-state index is 0.741. The molecule has 2 heterocycles. The zero-order chi connectivity index (χ0) is 13.7. The number of aromatic nitrogens is 2. The van der Waals surface area contributed by atoms with E-state index in [1.54, 1.807) is 24.8 Å². The summed E-state index contributed by atoms with van der Waals surface area (Å²) in [7, 11) is 3.77. The van der Waals surface area contributed by atoms with Crippen molar-refractivity contribution in [2.24, 2.45) is 0 Å². The van der Waals surface area contributed by atoms with Crippen molar-refractivity contribution >= 4 is 27.4 Å². The Bertz CT molecular complexity index is 528. The van der Waals surface area contributed by atoms with E-state index in [9.17, 15) is 0 Å². The molecular formula is C13H20N4OS. The van der Waals surface area contributed by atoms with Crippen LogP contribution >= 0.6 is 11.3 Å². The number of aryl methyl sites for hydroxylation is 1. The Morgan fingerprint density at radius 3 is 3.00 bits per heavy atom. The molecule has 2 rings (SSSR count). The summed E-state index contributed by atoms with van der Waals surface area (Å²) in [6.45, 7) is 5.54. The third-order valence-electron chi connectivity index (χ3n) is 2.90. The Hall–Kier alpha value is -1.24. The van der Waals surface area contributed by atoms with E-state index in [2.05, 4.69) is 40.2 Å². The first-order valence-electron chi connectivity index (χ1n) is 6.34. The smallest absolute Gasteiger partial charge is 0.140 e. The van der Waals surface area contributed by atoms with E-state index < -0.39 is 0 Å². The summed E-state index contributed by atoms with van der Waals surface area (Å²) < 4.78 is 5.00. The summed E-state index contributed by atoms with van der Waals surface area (Å²) in [5, 5.41) is 4.48. The Labute approximate surface area is 117 Å². The molecular weight excluding hydrogens is 260 g/mol. The molecule has 0 aromatic carbocycles. The van der Waals surface area contributed by atoms with Crippen molar-refractivity contribution < 1.29 is 4.74 Å². The van der Waals surface area contributed by atoms with Gasteiger partial charge in [0.05, 0.1) is 12.0 Å². The number of likely N-dealkylation sites (N-methyl/N-ethyl adjacent to an activating group) is 1. The average molecular weight is 280 g/mol. The van der Waals surface area contributed by atoms with Gasteiger partial charge in [0.2, 0.25) is 0 Å². The van der Waals surface area contributed by atoms with Gasteiger partial charge in [-0.2, -0.15) is 0 Å². The van der Waals surface area contributed by atoms with E-state index in [1.165, 1.54) is 4.88 Å². The van der Waals surface area contributed by atoms with Crippen LogP contribution in [-0.4, -0.2) is 50.4 Å². The normalized spacial score (nSPS) is 11.1. The van der Waals surface area contributed by atoms with Gasteiger partial charge in [0, 0.05) is 38.7 Å². The van der Waals surface area contributed by atoms with E-state index in [0.29, 0.717) is 0 Å². The molecule has 0 bridgehead atoms. The van der Waals surface area contributed by atoms with E-state index >= 15 is 0 Å². The molecule has 1 N–H and O–H groups in total. The summed E-state index contributed by atoms with van der Waals surface area (Å²) in [6, 6.07) is 2.16. The van der Waals surface area contributed by atoms with Crippen molar-refractivity contribution in [2.45, 2.75) is 6.92 Å². The lowest BCUT2D eigenvalue weighted by Gasteiger charge is -2.18. The van der Waals surface area contributed by atoms with Gasteiger partial charge in [0.15, 0.2) is 0 Å². The van der Waals surface area contributed by atoms with E-state index in [1.807, 2.05) is 0 Å². The number of anilines is 1. The monoisotopic (exact) mass is 280 g/mol. The molecule has 2 aromatic heterocycles. The van der Waals surface area contributed by atoms with Gasteiger partial charge < -0.3 is 15.0 Å². The lowest BCUT2D eigenvalue weighted by molar-refractivity contribution is 0.200. The van der Waals surface area contributed by atoms with Crippen molar-refractivity contribution in [3.63, 3.8) is 0 Å². The molecule has 0 fully saturated rings. The molecule has 0 amide bonds. The molecule has 0 unspecified atom stereocenters. The fourth-order valence-corrected chi connectivity index (χ4v) is 2.76. The number of rotatable bonds is 7. The summed E-state index contributed by atoms with van der Waals surface area (Å²) in [6.07, 6.45) is 1.64. The van der Waals surface area contributed by atoms with Crippen LogP contribution in [0.1, 0.15) is 4.88 Å². The number of nitrogens with one attached hydrogen (secondary N) is 1. The van der Waals surface area contributed by atoms with Crippen molar-refractivity contribution in [3.05, 3.63) is 17.3 Å². The Morgan fingerprint density at radius 2 is 2.21 bits per heavy atom. The van der Waals surface area contributed by atoms with Crippen molar-refractivity contribution in [2.75, 3.05) is 45.3 Å². The average Bonchev–Trinajstić information content (AvgIpc) is 2.78. The molecule has 2 aromatic rings. The first-order valence-corrected chi connectivity index (χ1v) is 7.16. The molecule has 19 heavy (non-hydrogen) atoms. The highest BCUT2D eigenvalue weighted by Gasteiger charge is 2.10. The third-order valence-corrected chi connectivity index (χ3v) is 3.86. The highest BCUT2D eigenvalue weighted by Crippen LogP contribution is 2.28. The summed E-state index contributed by atoms with van der Waals surface area (Å²) in [4.78, 5) is 13.2. The summed E-state index contributed by atoms with van der Waals surface area (Å²) >= 11 is 1.71. The second-order valence-corrected chi connectivity index (χ2v) is 5.67. The molecule has 104 valence electrons. The predicted molar refractivity (Wildman–Crippen MR) is 80.2 cm³/mol. The highest BCUT2D eigenvalue weighted by atomic mass is 32.1. The van der Waals surface area contributed by atoms with Crippen LogP contribution in [0.2, 0.25) is 0 Å². The van der Waals surface area contributed by atoms with Crippen LogP contribution in [0.4, 0.5) is 5.82 Å². The van der Waals surface area contributed by atoms with Crippen molar-refractivity contribution in [1.82, 2.24) is 15.3 Å². The van der Waals surface area contributed by atoms with Gasteiger partial charge in [-0.25, -0.2) is 9.97 Å². The van der Waals surface area contributed by atoms with Gasteiger partial charge in [0.1, 0.15) is 17.0 Å². The zero-order valence-corrected chi connectivity index (χ0v) is 12.5. The largest absolute Gasteiger partial charge is 0.383 e. The highest BCUT2D eigenvalue weighted by molar-refractivity contribution is 7.18. The standard InChI is InChI=1S/C13H20N4OS/c1-10-8-11-12(15-9-16-13(11)19-10)17(2)6-4-14-5-7-18-3/h8-9,14H,4-7H2,1-3H3. The molecule has 0 atom stereocenters. The Kier molecular flexibility index (Phi) is 5.07. The fourth-order valence-electron chi connectivity index (χ4n) is 1.92. The van der Waals surface area contributed by atoms with Crippen molar-refractivity contribution in [3.8, 4) is 0 Å². The predicted octanol–water partition coefficient (Wildman–Crippen LogP) is 1.67. The van der Waals surface area contributed by atoms with Gasteiger partial charge in [-0.05, 0) is 13.0 Å². The van der Waals surface area contributed by atoms with Gasteiger partial charge in [-0.1, -0.05) is 0 Å². The lowest BCUT2D eigenvalue weighted by atomic mass is 10.3. The molecule has 0 radical (unpaired) electrons. The topological polar surface area (TPSA) is 50.3 Å². The number of ether oxygens (including phenoxy) is 1. The van der Waals surface area contributed by atoms with Crippen molar-refractivity contribution in [1.29, 1.82) is 0 Å². The maximum absolute atomic E-state index is 5.00. The van der Waals surface area contributed by atoms with Gasteiger partial charge in [-0.3, -0.25) is 0 Å². The van der Waals surface area contributed by atoms with Crippen LogP contribution in [-0.2, 0) is 4.74 Å². The quantitative estimate of drug-likeness (QED) is 0.782. The molecule has 0 saturated carbocycles. The van der Waals surface area contributed by atoms with Gasteiger partial charge in [-0.15, -0.1) is 11.3 Å². The molecule has 0 aliphatic rings. The van der Waals surface area contributed by atoms with Crippen LogP contribution in [0, 0.1) is 6.92 Å². The SMILES string of the molecule is COCCNCCN(C)c1ncnc2sc(C)cc12. The maximum Gasteiger partial charge on any atom is 0.140 e. The number of hydrogen-bond acceptors (Lipinski definition) is 6. The van der Waals surface area contributed by atoms with E-state index in [-0.39, 0.29) is 0 Å². The van der Waals surface area contributed by atoms with E-state index in [0.717, 1.165) is 42.3 Å². The van der Waals surface area contributed by atoms with Crippen LogP contribution in [0.3, 0.4) is 0 Å². The maximum atomic E-state index is 5.00. The Balaban J connectivity index is 1.98. The zero-order valence-electron chi connectivity index (χ0n) is 11.6. The number of thiophene rings is 1. The Morgan fingerprint density at radius 1 is 1.37 bits per heavy atom. The lowest BCUT2D eigenvalue weighted by Crippen LogP contribution is -2.31. The van der Waals surface area contributed by atoms with Crippen LogP contribution < -0.4 is 10.2 Å². The molecule has 6 heteroatoms. The second kappa shape index (κ2) is 6.79. The van der Waals surface area contributed by atoms with Gasteiger partial charge >= 0.3 is 0 Å². The molecule has 0 aliphatic heterocycles. The molecule has 0 saturated heterocycles. The molecule has 5 nitrogen and oxygen atoms in total. The number of hydrogen-bond donors (Lipinski definition) is 1. The number of fused-ring (bicyclic) bond motifs is 1. The molecule has 0 aliphatic carbocycles. The first kappa shape index (κ1) is 14.2. The summed E-state index contributed by atoms with van der Waals surface area (Å²) in [5.74, 6) is 1.00. The second-order valence-electron chi connectivity index (χ2n) is 4.44. The van der Waals surface area contributed by atoms with E-state index in [4.69, 9.17) is 4.74 Å². The van der Waals surface area contributed by atoms with Crippen LogP contribution in [0.5, 0.6) is 0 Å². The van der Waals surface area contributed by atoms with Crippen LogP contribution in [0.15, 0.2) is 12.4 Å². The minimum Gasteiger partial charge on any atom is -0.383 e.